The fraction of sp³-hybridized carbons (Fsp3) is 0.903. The third-order valence-electron chi connectivity index (χ3n) is 7.37. The van der Waals surface area contributed by atoms with E-state index in [9.17, 15) is 19.5 Å². The summed E-state index contributed by atoms with van der Waals surface area (Å²) in [6.07, 6.45) is 26.4. The van der Waals surface area contributed by atoms with E-state index < -0.39 is 18.1 Å². The molecule has 7 nitrogen and oxygen atoms in total. The van der Waals surface area contributed by atoms with Crippen LogP contribution in [0.1, 0.15) is 155 Å². The molecular weight excluding hydrogens is 482 g/mol. The van der Waals surface area contributed by atoms with Gasteiger partial charge in [-0.25, -0.2) is 4.79 Å². The van der Waals surface area contributed by atoms with Gasteiger partial charge in [0.15, 0.2) is 0 Å². The van der Waals surface area contributed by atoms with Crippen molar-refractivity contribution >= 4 is 17.8 Å². The molecule has 0 aromatic carbocycles. The van der Waals surface area contributed by atoms with E-state index in [4.69, 9.17) is 9.47 Å². The maximum Gasteiger partial charge on any atom is 0.328 e. The summed E-state index contributed by atoms with van der Waals surface area (Å²) in [6.45, 7) is 1.83. The predicted octanol–water partition coefficient (Wildman–Crippen LogP) is 6.92. The largest absolute Gasteiger partial charge is 0.463 e. The zero-order valence-corrected chi connectivity index (χ0v) is 24.3. The topological polar surface area (TPSA) is 102 Å². The van der Waals surface area contributed by atoms with Gasteiger partial charge in [-0.2, -0.15) is 0 Å². The van der Waals surface area contributed by atoms with Gasteiger partial charge in [-0.15, -0.1) is 0 Å². The first-order chi connectivity index (χ1) is 18.5. The number of unbranched alkanes of at least 4 members (excludes halogenated alkanes) is 19. The molecule has 1 saturated heterocycles. The number of aliphatic hydroxyl groups excluding tert-OH is 1. The second kappa shape index (κ2) is 24.4. The lowest BCUT2D eigenvalue weighted by Gasteiger charge is -2.14. The van der Waals surface area contributed by atoms with Crippen molar-refractivity contribution in [3.05, 3.63) is 0 Å². The Morgan fingerprint density at radius 2 is 1.16 bits per heavy atom. The minimum atomic E-state index is -1.06. The van der Waals surface area contributed by atoms with Crippen LogP contribution < -0.4 is 5.32 Å². The summed E-state index contributed by atoms with van der Waals surface area (Å²) in [6, 6.07) is -0.642. The summed E-state index contributed by atoms with van der Waals surface area (Å²) < 4.78 is 10.0. The van der Waals surface area contributed by atoms with Crippen LogP contribution in [-0.4, -0.2) is 48.3 Å². The zero-order chi connectivity index (χ0) is 27.7. The standard InChI is InChI=1S/C31H57NO6/c1-2-3-4-5-6-7-8-9-10-11-12-13-14-15-16-17-18-19-20-21-22-30(35)37-25-27(33)26-38-31(36)28-23-24-29(34)32-28/h27-28,33H,2-26H2,1H3,(H,32,34)/t27?,28-/m1/s1. The molecule has 0 aromatic heterocycles. The van der Waals surface area contributed by atoms with Crippen LogP contribution in [0.15, 0.2) is 0 Å². The molecule has 0 aliphatic carbocycles. The van der Waals surface area contributed by atoms with Crippen LogP contribution >= 0.6 is 0 Å². The quantitative estimate of drug-likeness (QED) is 0.0913. The molecule has 0 saturated carbocycles. The number of rotatable bonds is 26. The zero-order valence-electron chi connectivity index (χ0n) is 24.3. The maximum absolute atomic E-state index is 11.8. The lowest BCUT2D eigenvalue weighted by atomic mass is 10.0. The molecular formula is C31H57NO6. The Labute approximate surface area is 232 Å². The van der Waals surface area contributed by atoms with E-state index in [1.807, 2.05) is 0 Å². The van der Waals surface area contributed by atoms with Gasteiger partial charge in [0, 0.05) is 12.8 Å². The monoisotopic (exact) mass is 539 g/mol. The highest BCUT2D eigenvalue weighted by molar-refractivity contribution is 5.88. The molecule has 1 fully saturated rings. The van der Waals surface area contributed by atoms with Crippen LogP contribution in [0.25, 0.3) is 0 Å². The molecule has 0 spiro atoms. The van der Waals surface area contributed by atoms with E-state index in [1.54, 1.807) is 0 Å². The van der Waals surface area contributed by atoms with Crippen molar-refractivity contribution in [2.45, 2.75) is 167 Å². The molecule has 0 radical (unpaired) electrons. The van der Waals surface area contributed by atoms with Crippen LogP contribution in [0.3, 0.4) is 0 Å². The van der Waals surface area contributed by atoms with Gasteiger partial charge in [0.25, 0.3) is 0 Å². The van der Waals surface area contributed by atoms with Gasteiger partial charge >= 0.3 is 11.9 Å². The van der Waals surface area contributed by atoms with Gasteiger partial charge < -0.3 is 19.9 Å². The number of carbonyl (C=O) groups excluding carboxylic acids is 3. The normalized spacial score (nSPS) is 15.8. The number of hydrogen-bond donors (Lipinski definition) is 2. The molecule has 1 amide bonds. The molecule has 1 heterocycles. The number of aliphatic hydroxyl groups is 1. The van der Waals surface area contributed by atoms with Crippen molar-refractivity contribution in [2.75, 3.05) is 13.2 Å². The highest BCUT2D eigenvalue weighted by atomic mass is 16.6. The SMILES string of the molecule is CCCCCCCCCCCCCCCCCCCCCCC(=O)OCC(O)COC(=O)[C@H]1CCC(=O)N1. The van der Waals surface area contributed by atoms with Gasteiger partial charge in [-0.3, -0.25) is 9.59 Å². The highest BCUT2D eigenvalue weighted by Crippen LogP contribution is 2.15. The van der Waals surface area contributed by atoms with Gasteiger partial charge in [-0.1, -0.05) is 129 Å². The molecule has 0 aromatic rings. The number of nitrogens with one attached hydrogen (secondary N) is 1. The van der Waals surface area contributed by atoms with Crippen LogP contribution in [0.5, 0.6) is 0 Å². The van der Waals surface area contributed by atoms with Crippen molar-refractivity contribution in [1.29, 1.82) is 0 Å². The van der Waals surface area contributed by atoms with E-state index in [0.29, 0.717) is 19.3 Å². The van der Waals surface area contributed by atoms with Crippen molar-refractivity contribution in [2.24, 2.45) is 0 Å². The number of ether oxygens (including phenoxy) is 2. The third-order valence-corrected chi connectivity index (χ3v) is 7.37. The summed E-state index contributed by atoms with van der Waals surface area (Å²) in [5, 5.41) is 12.4. The average molecular weight is 540 g/mol. The van der Waals surface area contributed by atoms with Crippen molar-refractivity contribution in [3.8, 4) is 0 Å². The molecule has 38 heavy (non-hydrogen) atoms. The van der Waals surface area contributed by atoms with E-state index in [0.717, 1.165) is 19.3 Å². The summed E-state index contributed by atoms with van der Waals surface area (Å²) in [5.74, 6) is -1.07. The summed E-state index contributed by atoms with van der Waals surface area (Å²) in [5.41, 5.74) is 0. The second-order valence-electron chi connectivity index (χ2n) is 11.1. The van der Waals surface area contributed by atoms with Crippen LogP contribution in [0.2, 0.25) is 0 Å². The van der Waals surface area contributed by atoms with E-state index in [2.05, 4.69) is 12.2 Å². The van der Waals surface area contributed by atoms with E-state index in [1.165, 1.54) is 109 Å². The first-order valence-corrected chi connectivity index (χ1v) is 15.8. The third kappa shape index (κ3) is 20.3. The minimum Gasteiger partial charge on any atom is -0.463 e. The van der Waals surface area contributed by atoms with Gasteiger partial charge in [-0.05, 0) is 12.8 Å². The molecule has 2 atom stereocenters. The Morgan fingerprint density at radius 3 is 1.58 bits per heavy atom. The Hall–Kier alpha value is -1.63. The first-order valence-electron chi connectivity index (χ1n) is 15.8. The van der Waals surface area contributed by atoms with Crippen molar-refractivity contribution in [3.63, 3.8) is 0 Å². The summed E-state index contributed by atoms with van der Waals surface area (Å²) in [4.78, 5) is 34.7. The van der Waals surface area contributed by atoms with Crippen molar-refractivity contribution in [1.82, 2.24) is 5.32 Å². The minimum absolute atomic E-state index is 0.175. The molecule has 1 unspecified atom stereocenters. The number of esters is 2. The molecule has 0 bridgehead atoms. The highest BCUT2D eigenvalue weighted by Gasteiger charge is 2.28. The lowest BCUT2D eigenvalue weighted by molar-refractivity contribution is -0.154. The predicted molar refractivity (Wildman–Crippen MR) is 152 cm³/mol. The van der Waals surface area contributed by atoms with Crippen LogP contribution in [0.4, 0.5) is 0 Å². The van der Waals surface area contributed by atoms with E-state index >= 15 is 0 Å². The molecule has 1 rings (SSSR count). The fourth-order valence-electron chi connectivity index (χ4n) is 4.90. The van der Waals surface area contributed by atoms with Crippen LogP contribution in [0, 0.1) is 0 Å². The lowest BCUT2D eigenvalue weighted by Crippen LogP contribution is -2.36. The fourth-order valence-corrected chi connectivity index (χ4v) is 4.90. The Morgan fingerprint density at radius 1 is 0.737 bits per heavy atom. The molecule has 1 aliphatic rings. The summed E-state index contributed by atoms with van der Waals surface area (Å²) >= 11 is 0. The van der Waals surface area contributed by atoms with E-state index in [-0.39, 0.29) is 25.1 Å². The maximum atomic E-state index is 11.8. The first kappa shape index (κ1) is 34.4. The van der Waals surface area contributed by atoms with Crippen molar-refractivity contribution < 1.29 is 29.0 Å². The Bertz CT molecular complexity index is 611. The molecule has 2 N–H and O–H groups in total. The number of carbonyl (C=O) groups is 3. The molecule has 222 valence electrons. The number of amides is 1. The Balaban J connectivity index is 1.77. The average Bonchev–Trinajstić information content (AvgIpc) is 3.35. The summed E-state index contributed by atoms with van der Waals surface area (Å²) in [7, 11) is 0. The van der Waals surface area contributed by atoms with Gasteiger partial charge in [0.2, 0.25) is 5.91 Å². The second-order valence-corrected chi connectivity index (χ2v) is 11.1. The Kier molecular flexibility index (Phi) is 22.1. The van der Waals surface area contributed by atoms with Gasteiger partial charge in [0.05, 0.1) is 0 Å². The van der Waals surface area contributed by atoms with Gasteiger partial charge in [0.1, 0.15) is 25.4 Å². The molecule has 1 aliphatic heterocycles. The smallest absolute Gasteiger partial charge is 0.328 e. The molecule has 7 heteroatoms. The van der Waals surface area contributed by atoms with Crippen LogP contribution in [-0.2, 0) is 23.9 Å². The number of hydrogen-bond acceptors (Lipinski definition) is 6.